The van der Waals surface area contributed by atoms with Crippen LogP contribution in [-0.4, -0.2) is 69.6 Å². The van der Waals surface area contributed by atoms with Gasteiger partial charge in [-0.2, -0.15) is 0 Å². The van der Waals surface area contributed by atoms with E-state index in [4.69, 9.17) is 19.3 Å². The van der Waals surface area contributed by atoms with Gasteiger partial charge < -0.3 is 40.0 Å². The molecule has 0 spiro atoms. The summed E-state index contributed by atoms with van der Waals surface area (Å²) in [4.78, 5) is 22.1. The Kier molecular flexibility index (Phi) is 6.97. The van der Waals surface area contributed by atoms with Crippen molar-refractivity contribution in [2.24, 2.45) is 0 Å². The number of anilines is 1. The van der Waals surface area contributed by atoms with Gasteiger partial charge in [0.25, 0.3) is 0 Å². The third-order valence-electron chi connectivity index (χ3n) is 3.91. The summed E-state index contributed by atoms with van der Waals surface area (Å²) in [6.45, 7) is 3.72. The van der Waals surface area contributed by atoms with Crippen LogP contribution in [0.25, 0.3) is 0 Å². The fraction of sp³-hybridized carbons (Fsp3) is 0.529. The molecule has 0 saturated carbocycles. The normalized spacial score (nSPS) is 27.7. The van der Waals surface area contributed by atoms with Crippen molar-refractivity contribution in [3.63, 3.8) is 0 Å². The number of benzene rings is 1. The Labute approximate surface area is 155 Å². The molecule has 0 unspecified atom stereocenters. The number of carboxylic acids is 1. The molecule has 1 fully saturated rings. The van der Waals surface area contributed by atoms with Gasteiger partial charge in [-0.15, -0.1) is 0 Å². The second-order valence-corrected chi connectivity index (χ2v) is 5.99. The van der Waals surface area contributed by atoms with E-state index < -0.39 is 42.6 Å². The van der Waals surface area contributed by atoms with Gasteiger partial charge in [0.15, 0.2) is 6.10 Å². The lowest BCUT2D eigenvalue weighted by Gasteiger charge is -2.38. The third kappa shape index (κ3) is 5.07. The number of aliphatic carboxylic acids is 1. The van der Waals surface area contributed by atoms with E-state index in [9.17, 15) is 24.9 Å². The number of carbonyl (C=O) groups excluding carboxylic acids is 1. The first-order valence-corrected chi connectivity index (χ1v) is 8.33. The maximum absolute atomic E-state index is 11.2. The lowest BCUT2D eigenvalue weighted by molar-refractivity contribution is -0.271. The minimum atomic E-state index is -1.79. The van der Waals surface area contributed by atoms with E-state index in [0.717, 1.165) is 0 Å². The highest BCUT2D eigenvalue weighted by atomic mass is 16.7. The maximum atomic E-state index is 11.2. The summed E-state index contributed by atoms with van der Waals surface area (Å²) in [6.07, 6.45) is -8.47. The van der Waals surface area contributed by atoms with Crippen LogP contribution in [0.15, 0.2) is 18.2 Å². The summed E-state index contributed by atoms with van der Waals surface area (Å²) >= 11 is 0. The lowest BCUT2D eigenvalue weighted by Crippen LogP contribution is -2.61. The van der Waals surface area contributed by atoms with Crippen molar-refractivity contribution in [1.82, 2.24) is 0 Å². The van der Waals surface area contributed by atoms with Crippen LogP contribution in [0.5, 0.6) is 5.75 Å². The van der Waals surface area contributed by atoms with Crippen LogP contribution >= 0.6 is 0 Å². The standard InChI is InChI=1S/C17H23NO9/c1-3-18-10-6-9(7-25-8(2)19)4-5-11(10)26-17-14(22)12(20)13(21)15(27-17)16(23)24/h4-6,12-15,17-18,20-22H,3,7H2,1-2H3,(H,23,24)/t12-,13-,14+,15-,17+/m0/s1. The largest absolute Gasteiger partial charge is 0.479 e. The molecule has 0 radical (unpaired) electrons. The zero-order valence-electron chi connectivity index (χ0n) is 14.9. The smallest absolute Gasteiger partial charge is 0.335 e. The second kappa shape index (κ2) is 9.00. The van der Waals surface area contributed by atoms with Crippen molar-refractivity contribution in [3.05, 3.63) is 23.8 Å². The van der Waals surface area contributed by atoms with E-state index in [1.807, 2.05) is 6.92 Å². The molecule has 2 rings (SSSR count). The monoisotopic (exact) mass is 385 g/mol. The van der Waals surface area contributed by atoms with Gasteiger partial charge in [-0.25, -0.2) is 4.79 Å². The van der Waals surface area contributed by atoms with Gasteiger partial charge in [-0.1, -0.05) is 6.07 Å². The summed E-state index contributed by atoms with van der Waals surface area (Å²) in [5.74, 6) is -1.70. The maximum Gasteiger partial charge on any atom is 0.335 e. The first-order valence-electron chi connectivity index (χ1n) is 8.33. The van der Waals surface area contributed by atoms with Crippen LogP contribution in [0.3, 0.4) is 0 Å². The van der Waals surface area contributed by atoms with Crippen LogP contribution in [0, 0.1) is 0 Å². The van der Waals surface area contributed by atoms with Crippen LogP contribution in [0.4, 0.5) is 5.69 Å². The highest BCUT2D eigenvalue weighted by molar-refractivity contribution is 5.73. The Morgan fingerprint density at radius 3 is 2.48 bits per heavy atom. The Morgan fingerprint density at radius 1 is 1.19 bits per heavy atom. The number of ether oxygens (including phenoxy) is 3. The van der Waals surface area contributed by atoms with E-state index in [-0.39, 0.29) is 12.4 Å². The van der Waals surface area contributed by atoms with Crippen molar-refractivity contribution < 1.29 is 44.2 Å². The first-order chi connectivity index (χ1) is 12.7. The average molecular weight is 385 g/mol. The molecule has 0 amide bonds. The number of hydrogen-bond acceptors (Lipinski definition) is 9. The molecule has 1 aromatic carbocycles. The number of nitrogens with one attached hydrogen (secondary N) is 1. The van der Waals surface area contributed by atoms with E-state index in [0.29, 0.717) is 17.8 Å². The molecule has 27 heavy (non-hydrogen) atoms. The SMILES string of the molecule is CCNc1cc(COC(C)=O)ccc1O[C@@H]1O[C@H](C(=O)O)[C@@H](O)[C@H](O)[C@H]1O. The van der Waals surface area contributed by atoms with Crippen molar-refractivity contribution in [3.8, 4) is 5.75 Å². The molecule has 10 nitrogen and oxygen atoms in total. The zero-order chi connectivity index (χ0) is 20.1. The molecule has 0 aliphatic carbocycles. The topological polar surface area (TPSA) is 155 Å². The number of hydrogen-bond donors (Lipinski definition) is 5. The van der Waals surface area contributed by atoms with Gasteiger partial charge in [-0.05, 0) is 24.6 Å². The number of rotatable bonds is 7. The van der Waals surface area contributed by atoms with Gasteiger partial charge in [-0.3, -0.25) is 4.79 Å². The fourth-order valence-electron chi connectivity index (χ4n) is 2.56. The number of aliphatic hydroxyl groups excluding tert-OH is 3. The molecular formula is C17H23NO9. The minimum Gasteiger partial charge on any atom is -0.479 e. The fourth-order valence-corrected chi connectivity index (χ4v) is 2.56. The van der Waals surface area contributed by atoms with E-state index >= 15 is 0 Å². The summed E-state index contributed by atoms with van der Waals surface area (Å²) in [6, 6.07) is 4.81. The highest BCUT2D eigenvalue weighted by Crippen LogP contribution is 2.30. The van der Waals surface area contributed by atoms with Crippen LogP contribution in [-0.2, 0) is 25.7 Å². The molecule has 150 valence electrons. The Morgan fingerprint density at radius 2 is 1.89 bits per heavy atom. The summed E-state index contributed by atoms with van der Waals surface area (Å²) < 4.78 is 15.6. The van der Waals surface area contributed by atoms with Crippen molar-refractivity contribution >= 4 is 17.6 Å². The molecule has 1 aromatic rings. The Hall–Kier alpha value is -2.40. The highest BCUT2D eigenvalue weighted by Gasteiger charge is 2.48. The lowest BCUT2D eigenvalue weighted by atomic mass is 9.99. The molecule has 10 heteroatoms. The predicted molar refractivity (Wildman–Crippen MR) is 91.0 cm³/mol. The van der Waals surface area contributed by atoms with Crippen molar-refractivity contribution in [2.45, 2.75) is 51.2 Å². The molecule has 1 aliphatic rings. The summed E-state index contributed by atoms with van der Waals surface area (Å²) in [7, 11) is 0. The Bertz CT molecular complexity index is 680. The molecular weight excluding hydrogens is 362 g/mol. The van der Waals surface area contributed by atoms with E-state index in [1.165, 1.54) is 13.0 Å². The first kappa shape index (κ1) is 20.9. The summed E-state index contributed by atoms with van der Waals surface area (Å²) in [5, 5.41) is 41.8. The minimum absolute atomic E-state index is 0.0581. The van der Waals surface area contributed by atoms with Gasteiger partial charge in [0.1, 0.15) is 30.7 Å². The molecule has 1 aliphatic heterocycles. The average Bonchev–Trinajstić information content (AvgIpc) is 2.61. The number of carboxylic acid groups (broad SMARTS) is 1. The summed E-state index contributed by atoms with van der Waals surface area (Å²) in [5.41, 5.74) is 1.17. The quantitative estimate of drug-likeness (QED) is 0.386. The molecule has 1 heterocycles. The van der Waals surface area contributed by atoms with Crippen LogP contribution < -0.4 is 10.1 Å². The van der Waals surface area contributed by atoms with Gasteiger partial charge in [0, 0.05) is 13.5 Å². The van der Waals surface area contributed by atoms with Crippen LogP contribution in [0.1, 0.15) is 19.4 Å². The van der Waals surface area contributed by atoms with Gasteiger partial charge in [0.05, 0.1) is 5.69 Å². The van der Waals surface area contributed by atoms with Crippen molar-refractivity contribution in [2.75, 3.05) is 11.9 Å². The van der Waals surface area contributed by atoms with Gasteiger partial charge >= 0.3 is 11.9 Å². The molecule has 0 bridgehead atoms. The van der Waals surface area contributed by atoms with E-state index in [1.54, 1.807) is 12.1 Å². The van der Waals surface area contributed by atoms with Gasteiger partial charge in [0.2, 0.25) is 6.29 Å². The molecule has 5 N–H and O–H groups in total. The third-order valence-corrected chi connectivity index (χ3v) is 3.91. The van der Waals surface area contributed by atoms with Crippen molar-refractivity contribution in [1.29, 1.82) is 0 Å². The second-order valence-electron chi connectivity index (χ2n) is 5.99. The number of aliphatic hydroxyl groups is 3. The van der Waals surface area contributed by atoms with E-state index in [2.05, 4.69) is 5.32 Å². The number of carbonyl (C=O) groups is 2. The predicted octanol–water partition coefficient (Wildman–Crippen LogP) is -0.547. The molecule has 0 aromatic heterocycles. The Balaban J connectivity index is 2.21. The molecule has 1 saturated heterocycles. The number of esters is 1. The van der Waals surface area contributed by atoms with Crippen LogP contribution in [0.2, 0.25) is 0 Å². The molecule has 5 atom stereocenters. The zero-order valence-corrected chi connectivity index (χ0v) is 14.9.